The van der Waals surface area contributed by atoms with Crippen molar-refractivity contribution in [3.05, 3.63) is 60.4 Å². The van der Waals surface area contributed by atoms with Gasteiger partial charge in [0.15, 0.2) is 0 Å². The Labute approximate surface area is 163 Å². The fraction of sp³-hybridized carbons (Fsp3) is 0.250. The van der Waals surface area contributed by atoms with Gasteiger partial charge < -0.3 is 15.2 Å². The van der Waals surface area contributed by atoms with Gasteiger partial charge in [-0.15, -0.1) is 0 Å². The van der Waals surface area contributed by atoms with E-state index in [4.69, 9.17) is 20.6 Å². The number of hydrogen-bond donors (Lipinski definition) is 2. The SMILES string of the molecule is N=C(c1ccnc(-c2cncnc2)c1)c1c(N)ccnc1OC1CCOCC1.[HH]. The molecule has 4 heterocycles. The molecular formula is C20H22N6O2. The molecule has 1 aliphatic rings. The molecule has 1 fully saturated rings. The summed E-state index contributed by atoms with van der Waals surface area (Å²) >= 11 is 0. The van der Waals surface area contributed by atoms with E-state index in [2.05, 4.69) is 19.9 Å². The Kier molecular flexibility index (Phi) is 5.20. The van der Waals surface area contributed by atoms with Gasteiger partial charge in [0.1, 0.15) is 12.4 Å². The Balaban J connectivity index is 0.00000240. The molecule has 3 N–H and O–H groups in total. The van der Waals surface area contributed by atoms with Crippen LogP contribution in [0.4, 0.5) is 5.69 Å². The summed E-state index contributed by atoms with van der Waals surface area (Å²) in [5.41, 5.74) is 9.46. The molecule has 3 aromatic rings. The van der Waals surface area contributed by atoms with Crippen LogP contribution in [0.3, 0.4) is 0 Å². The maximum Gasteiger partial charge on any atom is 0.225 e. The predicted molar refractivity (Wildman–Crippen MR) is 106 cm³/mol. The topological polar surface area (TPSA) is 120 Å². The Morgan fingerprint density at radius 1 is 1.14 bits per heavy atom. The van der Waals surface area contributed by atoms with Crippen molar-refractivity contribution in [3.63, 3.8) is 0 Å². The van der Waals surface area contributed by atoms with Gasteiger partial charge in [-0.2, -0.15) is 0 Å². The first-order valence-corrected chi connectivity index (χ1v) is 9.02. The van der Waals surface area contributed by atoms with Crippen molar-refractivity contribution >= 4 is 11.4 Å². The number of rotatable bonds is 5. The van der Waals surface area contributed by atoms with E-state index in [-0.39, 0.29) is 13.2 Å². The highest BCUT2D eigenvalue weighted by atomic mass is 16.5. The lowest BCUT2D eigenvalue weighted by Gasteiger charge is -2.24. The molecule has 0 saturated carbocycles. The zero-order valence-electron chi connectivity index (χ0n) is 15.2. The lowest BCUT2D eigenvalue weighted by Crippen LogP contribution is -2.27. The lowest BCUT2D eigenvalue weighted by molar-refractivity contribution is 0.0237. The van der Waals surface area contributed by atoms with Crippen molar-refractivity contribution in [1.29, 1.82) is 5.41 Å². The average molecular weight is 378 g/mol. The highest BCUT2D eigenvalue weighted by Crippen LogP contribution is 2.28. The van der Waals surface area contributed by atoms with Crippen molar-refractivity contribution in [2.45, 2.75) is 18.9 Å². The Morgan fingerprint density at radius 3 is 2.68 bits per heavy atom. The molecule has 0 aromatic carbocycles. The summed E-state index contributed by atoms with van der Waals surface area (Å²) in [6, 6.07) is 5.25. The summed E-state index contributed by atoms with van der Waals surface area (Å²) < 4.78 is 11.5. The minimum atomic E-state index is 0. The molecule has 0 bridgehead atoms. The van der Waals surface area contributed by atoms with E-state index in [0.717, 1.165) is 18.4 Å². The van der Waals surface area contributed by atoms with Gasteiger partial charge in [-0.25, -0.2) is 15.0 Å². The van der Waals surface area contributed by atoms with Gasteiger partial charge in [-0.1, -0.05) is 0 Å². The third kappa shape index (κ3) is 3.81. The number of aromatic nitrogens is 4. The van der Waals surface area contributed by atoms with Gasteiger partial charge in [0.25, 0.3) is 0 Å². The van der Waals surface area contributed by atoms with Crippen LogP contribution in [0.25, 0.3) is 11.3 Å². The molecule has 0 amide bonds. The highest BCUT2D eigenvalue weighted by molar-refractivity contribution is 6.15. The summed E-state index contributed by atoms with van der Waals surface area (Å²) in [5.74, 6) is 0.373. The van der Waals surface area contributed by atoms with Gasteiger partial charge in [0.2, 0.25) is 5.88 Å². The van der Waals surface area contributed by atoms with E-state index >= 15 is 0 Å². The number of nitrogens with two attached hydrogens (primary N) is 1. The number of anilines is 1. The van der Waals surface area contributed by atoms with Crippen LogP contribution in [0.2, 0.25) is 0 Å². The second-order valence-electron chi connectivity index (χ2n) is 6.44. The first-order valence-electron chi connectivity index (χ1n) is 9.02. The van der Waals surface area contributed by atoms with Crippen LogP contribution < -0.4 is 10.5 Å². The van der Waals surface area contributed by atoms with Crippen molar-refractivity contribution in [2.75, 3.05) is 18.9 Å². The quantitative estimate of drug-likeness (QED) is 0.655. The summed E-state index contributed by atoms with van der Waals surface area (Å²) in [4.78, 5) is 16.7. The van der Waals surface area contributed by atoms with Crippen molar-refractivity contribution in [3.8, 4) is 17.1 Å². The Hall–Kier alpha value is -3.39. The Bertz CT molecular complexity index is 980. The molecular weight excluding hydrogens is 356 g/mol. The number of pyridine rings is 2. The molecule has 8 heteroatoms. The van der Waals surface area contributed by atoms with Gasteiger partial charge >= 0.3 is 0 Å². The fourth-order valence-corrected chi connectivity index (χ4v) is 3.07. The lowest BCUT2D eigenvalue weighted by atomic mass is 10.0. The molecule has 1 saturated heterocycles. The molecule has 0 aliphatic carbocycles. The fourth-order valence-electron chi connectivity index (χ4n) is 3.07. The Morgan fingerprint density at radius 2 is 1.89 bits per heavy atom. The van der Waals surface area contributed by atoms with Crippen LogP contribution in [-0.2, 0) is 4.74 Å². The first kappa shape index (κ1) is 18.0. The minimum absolute atomic E-state index is 0. The average Bonchev–Trinajstić information content (AvgIpc) is 2.75. The first-order chi connectivity index (χ1) is 13.7. The number of ether oxygens (including phenoxy) is 2. The molecule has 0 radical (unpaired) electrons. The minimum Gasteiger partial charge on any atom is -0.474 e. The van der Waals surface area contributed by atoms with Gasteiger partial charge in [-0.3, -0.25) is 10.4 Å². The third-order valence-electron chi connectivity index (χ3n) is 4.55. The second-order valence-corrected chi connectivity index (χ2v) is 6.44. The summed E-state index contributed by atoms with van der Waals surface area (Å²) in [5, 5.41) is 8.75. The van der Waals surface area contributed by atoms with Crippen LogP contribution in [-0.4, -0.2) is 45.0 Å². The molecule has 0 unspecified atom stereocenters. The van der Waals surface area contributed by atoms with Crippen molar-refractivity contribution in [1.82, 2.24) is 19.9 Å². The number of nitrogen functional groups attached to an aromatic ring is 1. The van der Waals surface area contributed by atoms with Crippen LogP contribution in [0.15, 0.2) is 49.3 Å². The summed E-state index contributed by atoms with van der Waals surface area (Å²) in [6.45, 7) is 1.32. The van der Waals surface area contributed by atoms with E-state index in [1.807, 2.05) is 6.07 Å². The zero-order chi connectivity index (χ0) is 19.3. The molecule has 8 nitrogen and oxygen atoms in total. The van der Waals surface area contributed by atoms with E-state index < -0.39 is 0 Å². The molecule has 144 valence electrons. The zero-order valence-corrected chi connectivity index (χ0v) is 15.2. The second kappa shape index (κ2) is 8.10. The van der Waals surface area contributed by atoms with Crippen molar-refractivity contribution in [2.24, 2.45) is 0 Å². The number of nitrogens with one attached hydrogen (secondary N) is 1. The normalized spacial score (nSPS) is 14.6. The van der Waals surface area contributed by atoms with E-state index in [0.29, 0.717) is 41.6 Å². The molecule has 0 atom stereocenters. The molecule has 3 aromatic heterocycles. The maximum atomic E-state index is 8.75. The molecule has 4 rings (SSSR count). The number of hydrogen-bond acceptors (Lipinski definition) is 8. The highest BCUT2D eigenvalue weighted by Gasteiger charge is 2.22. The summed E-state index contributed by atoms with van der Waals surface area (Å²) in [7, 11) is 0. The van der Waals surface area contributed by atoms with Gasteiger partial charge in [0, 0.05) is 55.9 Å². The molecule has 1 aliphatic heterocycles. The van der Waals surface area contributed by atoms with Gasteiger partial charge in [-0.05, 0) is 18.2 Å². The van der Waals surface area contributed by atoms with E-state index in [1.165, 1.54) is 6.33 Å². The third-order valence-corrected chi connectivity index (χ3v) is 4.55. The van der Waals surface area contributed by atoms with Crippen molar-refractivity contribution < 1.29 is 10.9 Å². The van der Waals surface area contributed by atoms with Crippen LogP contribution >= 0.6 is 0 Å². The van der Waals surface area contributed by atoms with Gasteiger partial charge in [0.05, 0.1) is 30.2 Å². The number of nitrogens with zero attached hydrogens (tertiary/aromatic N) is 4. The monoisotopic (exact) mass is 378 g/mol. The van der Waals surface area contributed by atoms with Crippen LogP contribution in [0.1, 0.15) is 25.4 Å². The smallest absolute Gasteiger partial charge is 0.225 e. The van der Waals surface area contributed by atoms with Crippen LogP contribution in [0, 0.1) is 5.41 Å². The van der Waals surface area contributed by atoms with E-state index in [1.54, 1.807) is 36.9 Å². The summed E-state index contributed by atoms with van der Waals surface area (Å²) in [6.07, 6.45) is 9.66. The van der Waals surface area contributed by atoms with Crippen LogP contribution in [0.5, 0.6) is 5.88 Å². The maximum absolute atomic E-state index is 8.75. The predicted octanol–water partition coefficient (Wildman–Crippen LogP) is 2.74. The standard InChI is InChI=1S/C20H20N6O2.H2/c21-16-2-6-26-20(28-15-3-7-27-8-4-15)18(16)19(22)13-1-5-25-17(9-13)14-10-23-12-24-11-14;/h1-2,5-6,9-12,15,22H,3-4,7-8H2,(H2,21,26);1H. The molecule has 0 spiro atoms. The van der Waals surface area contributed by atoms with E-state index in [9.17, 15) is 0 Å². The molecule has 28 heavy (non-hydrogen) atoms. The largest absolute Gasteiger partial charge is 0.474 e.